The van der Waals surface area contributed by atoms with Crippen molar-refractivity contribution in [2.45, 2.75) is 60.0 Å². The van der Waals surface area contributed by atoms with Crippen molar-refractivity contribution in [2.24, 2.45) is 17.3 Å². The maximum absolute atomic E-state index is 14.7. The van der Waals surface area contributed by atoms with Crippen molar-refractivity contribution >= 4 is 34.9 Å². The van der Waals surface area contributed by atoms with E-state index in [4.69, 9.17) is 27.9 Å². The molecule has 1 N–H and O–H groups in total. The molecule has 8 heteroatoms. The Morgan fingerprint density at radius 1 is 1.13 bits per heavy atom. The first kappa shape index (κ1) is 24.9. The quantitative estimate of drug-likeness (QED) is 0.228. The summed E-state index contributed by atoms with van der Waals surface area (Å²) in [5, 5.41) is 2.85. The summed E-state index contributed by atoms with van der Waals surface area (Å²) in [6.45, 7) is 6.77. The summed E-state index contributed by atoms with van der Waals surface area (Å²) in [7, 11) is 0. The van der Waals surface area contributed by atoms with Crippen LogP contribution in [0.2, 0.25) is 0 Å². The molecule has 0 radical (unpaired) electrons. The zero-order chi connectivity index (χ0) is 22.6. The van der Waals surface area contributed by atoms with Gasteiger partial charge in [-0.25, -0.2) is 13.2 Å². The van der Waals surface area contributed by atoms with Gasteiger partial charge < -0.3 is 10.1 Å². The second-order valence-electron chi connectivity index (χ2n) is 8.30. The summed E-state index contributed by atoms with van der Waals surface area (Å²) in [6, 6.07) is 0. The molecule has 1 aromatic rings. The molecule has 0 amide bonds. The largest absolute Gasteiger partial charge is 0.460 e. The minimum Gasteiger partial charge on any atom is -0.460 e. The average molecular weight is 466 g/mol. The SMILES string of the molecule is CCCCCCNc1c(F)c(C)c(F)c(F)c1COC(=O)[C@@H]1[C@@H](C=C(Cl)Cl)C1(C)C. The van der Waals surface area contributed by atoms with Crippen LogP contribution in [0.3, 0.4) is 0 Å². The molecule has 1 aliphatic carbocycles. The second-order valence-corrected chi connectivity index (χ2v) is 9.30. The van der Waals surface area contributed by atoms with Gasteiger partial charge in [0, 0.05) is 12.1 Å². The number of nitrogens with one attached hydrogen (secondary N) is 1. The van der Waals surface area contributed by atoms with Crippen molar-refractivity contribution in [2.75, 3.05) is 11.9 Å². The van der Waals surface area contributed by atoms with Gasteiger partial charge >= 0.3 is 5.97 Å². The van der Waals surface area contributed by atoms with E-state index in [0.29, 0.717) is 6.54 Å². The minimum atomic E-state index is -1.28. The number of benzene rings is 1. The lowest BCUT2D eigenvalue weighted by Crippen LogP contribution is -2.16. The molecule has 0 aliphatic heterocycles. The monoisotopic (exact) mass is 465 g/mol. The molecule has 0 unspecified atom stereocenters. The van der Waals surface area contributed by atoms with E-state index in [1.807, 2.05) is 13.8 Å². The van der Waals surface area contributed by atoms with Gasteiger partial charge in [0.1, 0.15) is 11.1 Å². The smallest absolute Gasteiger partial charge is 0.310 e. The number of carbonyl (C=O) groups is 1. The van der Waals surface area contributed by atoms with E-state index < -0.39 is 46.9 Å². The third kappa shape index (κ3) is 5.44. The fourth-order valence-electron chi connectivity index (χ4n) is 3.72. The number of hydrogen-bond donors (Lipinski definition) is 1. The lowest BCUT2D eigenvalue weighted by Gasteiger charge is -2.17. The molecule has 0 spiro atoms. The highest BCUT2D eigenvalue weighted by Gasteiger charge is 2.61. The molecule has 0 saturated heterocycles. The van der Waals surface area contributed by atoms with Gasteiger partial charge in [-0.05, 0) is 30.8 Å². The number of unbranched alkanes of at least 4 members (excludes halogenated alkanes) is 3. The van der Waals surface area contributed by atoms with Gasteiger partial charge in [0.05, 0.1) is 17.2 Å². The highest BCUT2D eigenvalue weighted by Crippen LogP contribution is 2.60. The van der Waals surface area contributed by atoms with E-state index >= 15 is 0 Å². The number of hydrogen-bond acceptors (Lipinski definition) is 3. The first-order chi connectivity index (χ1) is 14.0. The summed E-state index contributed by atoms with van der Waals surface area (Å²) in [6.07, 6.45) is 5.33. The number of halogens is 5. The van der Waals surface area contributed by atoms with Crippen molar-refractivity contribution < 1.29 is 22.7 Å². The van der Waals surface area contributed by atoms with Gasteiger partial charge in [-0.2, -0.15) is 0 Å². The highest BCUT2D eigenvalue weighted by molar-refractivity contribution is 6.55. The Balaban J connectivity index is 2.16. The molecule has 30 heavy (non-hydrogen) atoms. The van der Waals surface area contributed by atoms with E-state index in [1.165, 1.54) is 6.92 Å². The Labute approximate surface area is 186 Å². The van der Waals surface area contributed by atoms with Crippen molar-refractivity contribution in [3.63, 3.8) is 0 Å². The van der Waals surface area contributed by atoms with Gasteiger partial charge in [0.2, 0.25) is 0 Å². The second kappa shape index (κ2) is 10.3. The van der Waals surface area contributed by atoms with Crippen LogP contribution < -0.4 is 5.32 Å². The number of anilines is 1. The van der Waals surface area contributed by atoms with Crippen LogP contribution in [-0.4, -0.2) is 12.5 Å². The van der Waals surface area contributed by atoms with Crippen LogP contribution in [0.4, 0.5) is 18.9 Å². The van der Waals surface area contributed by atoms with E-state index in [1.54, 1.807) is 6.08 Å². The standard InChI is InChI=1S/C22H28Cl2F3NO2/c1-5-6-7-8-9-28-20-13(19(27)17(25)12(2)18(20)26)11-30-21(29)16-14(10-15(23)24)22(16,3)4/h10,14,16,28H,5-9,11H2,1-4H3/t14-,16+/m1/s1. The molecule has 0 aromatic heterocycles. The molecule has 0 heterocycles. The number of rotatable bonds is 10. The van der Waals surface area contributed by atoms with Crippen LogP contribution >= 0.6 is 23.2 Å². The van der Waals surface area contributed by atoms with Gasteiger partial charge in [0.25, 0.3) is 0 Å². The lowest BCUT2D eigenvalue weighted by molar-refractivity contribution is -0.147. The molecule has 1 aromatic carbocycles. The van der Waals surface area contributed by atoms with E-state index in [9.17, 15) is 18.0 Å². The van der Waals surface area contributed by atoms with Crippen molar-refractivity contribution in [3.05, 3.63) is 39.1 Å². The van der Waals surface area contributed by atoms with Gasteiger partial charge in [-0.1, -0.05) is 63.2 Å². The maximum Gasteiger partial charge on any atom is 0.310 e. The van der Waals surface area contributed by atoms with Crippen LogP contribution in [0.1, 0.15) is 57.6 Å². The summed E-state index contributed by atoms with van der Waals surface area (Å²) in [5.41, 5.74) is -1.33. The number of ether oxygens (including phenoxy) is 1. The van der Waals surface area contributed by atoms with E-state index in [2.05, 4.69) is 12.2 Å². The molecular weight excluding hydrogens is 438 g/mol. The molecule has 0 bridgehead atoms. The Morgan fingerprint density at radius 2 is 1.80 bits per heavy atom. The summed E-state index contributed by atoms with van der Waals surface area (Å²) in [5.74, 6) is -4.70. The van der Waals surface area contributed by atoms with Crippen LogP contribution in [0.25, 0.3) is 0 Å². The maximum atomic E-state index is 14.7. The Hall–Kier alpha value is -1.40. The molecule has 1 saturated carbocycles. The Morgan fingerprint density at radius 3 is 2.40 bits per heavy atom. The fraction of sp³-hybridized carbons (Fsp3) is 0.591. The summed E-state index contributed by atoms with van der Waals surface area (Å²) < 4.78 is 48.7. The van der Waals surface area contributed by atoms with Crippen LogP contribution in [0, 0.1) is 41.6 Å². The molecular formula is C22H28Cl2F3NO2. The highest BCUT2D eigenvalue weighted by atomic mass is 35.5. The van der Waals surface area contributed by atoms with Crippen LogP contribution in [0.15, 0.2) is 10.6 Å². The predicted molar refractivity (Wildman–Crippen MR) is 114 cm³/mol. The van der Waals surface area contributed by atoms with Crippen LogP contribution in [-0.2, 0) is 16.1 Å². The number of carbonyl (C=O) groups excluding carboxylic acids is 1. The average Bonchev–Trinajstić information content (AvgIpc) is 3.21. The first-order valence-electron chi connectivity index (χ1n) is 10.1. The van der Waals surface area contributed by atoms with E-state index in [-0.39, 0.29) is 21.7 Å². The molecule has 168 valence electrons. The zero-order valence-corrected chi connectivity index (χ0v) is 19.2. The van der Waals surface area contributed by atoms with Crippen molar-refractivity contribution in [3.8, 4) is 0 Å². The lowest BCUT2D eigenvalue weighted by atomic mass is 10.1. The van der Waals surface area contributed by atoms with Crippen molar-refractivity contribution in [1.82, 2.24) is 0 Å². The molecule has 1 fully saturated rings. The Bertz CT molecular complexity index is 823. The van der Waals surface area contributed by atoms with E-state index in [0.717, 1.165) is 25.7 Å². The molecule has 2 atom stereocenters. The van der Waals surface area contributed by atoms with Crippen LogP contribution in [0.5, 0.6) is 0 Å². The van der Waals surface area contributed by atoms with Crippen molar-refractivity contribution in [1.29, 1.82) is 0 Å². The molecule has 2 rings (SSSR count). The number of esters is 1. The molecule has 1 aliphatic rings. The van der Waals surface area contributed by atoms with Gasteiger partial charge in [0.15, 0.2) is 17.5 Å². The summed E-state index contributed by atoms with van der Waals surface area (Å²) in [4.78, 5) is 12.5. The summed E-state index contributed by atoms with van der Waals surface area (Å²) >= 11 is 11.4. The first-order valence-corrected chi connectivity index (χ1v) is 10.9. The predicted octanol–water partition coefficient (Wildman–Crippen LogP) is 7.04. The Kier molecular flexibility index (Phi) is 8.51. The number of allylic oxidation sites excluding steroid dienone is 1. The fourth-order valence-corrected chi connectivity index (χ4v) is 3.99. The zero-order valence-electron chi connectivity index (χ0n) is 17.7. The van der Waals surface area contributed by atoms with Gasteiger partial charge in [-0.15, -0.1) is 0 Å². The topological polar surface area (TPSA) is 38.3 Å². The molecule has 3 nitrogen and oxygen atoms in total. The third-order valence-electron chi connectivity index (χ3n) is 5.80. The third-order valence-corrected chi connectivity index (χ3v) is 6.05. The van der Waals surface area contributed by atoms with Gasteiger partial charge in [-0.3, -0.25) is 4.79 Å². The normalized spacial score (nSPS) is 19.4. The minimum absolute atomic E-state index is 0.0478.